The van der Waals surface area contributed by atoms with Crippen LogP contribution in [0.5, 0.6) is 5.75 Å². The first kappa shape index (κ1) is 17.2. The molecule has 0 saturated heterocycles. The van der Waals surface area contributed by atoms with Gasteiger partial charge in [0, 0.05) is 12.6 Å². The minimum absolute atomic E-state index is 0.103. The van der Waals surface area contributed by atoms with Gasteiger partial charge in [0.1, 0.15) is 5.75 Å². The Bertz CT molecular complexity index is 1000. The van der Waals surface area contributed by atoms with Crippen molar-refractivity contribution in [3.05, 3.63) is 77.1 Å². The first-order chi connectivity index (χ1) is 13.1. The summed E-state index contributed by atoms with van der Waals surface area (Å²) in [6, 6.07) is 16.0. The van der Waals surface area contributed by atoms with E-state index < -0.39 is 0 Å². The number of ether oxygens (including phenoxy) is 1. The summed E-state index contributed by atoms with van der Waals surface area (Å²) in [4.78, 5) is 21.6. The molecule has 0 fully saturated rings. The Hall–Kier alpha value is -3.21. The Labute approximate surface area is 158 Å². The zero-order chi connectivity index (χ0) is 18.8. The van der Waals surface area contributed by atoms with E-state index in [1.165, 1.54) is 11.1 Å². The number of methoxy groups -OCH3 is 1. The average molecular weight is 359 g/mol. The molecule has 1 aromatic heterocycles. The van der Waals surface area contributed by atoms with Gasteiger partial charge in [0.2, 0.25) is 5.95 Å². The lowest BCUT2D eigenvalue weighted by molar-refractivity contribution is 0.0962. The van der Waals surface area contributed by atoms with E-state index in [2.05, 4.69) is 40.4 Å². The maximum atomic E-state index is 12.6. The number of carbonyl (C=O) groups excluding carboxylic acids is 1. The molecular weight excluding hydrogens is 338 g/mol. The van der Waals surface area contributed by atoms with Crippen LogP contribution in [-0.2, 0) is 6.42 Å². The monoisotopic (exact) mass is 359 g/mol. The molecule has 1 aliphatic rings. The first-order valence-corrected chi connectivity index (χ1v) is 9.00. The Balaban J connectivity index is 1.63. The molecule has 5 heteroatoms. The summed E-state index contributed by atoms with van der Waals surface area (Å²) in [5.74, 6) is 1.44. The number of Topliss-reactive ketones (excluding diaryl/α,β-unsaturated/α-hetero) is 1. The molecule has 2 aromatic carbocycles. The summed E-state index contributed by atoms with van der Waals surface area (Å²) in [7, 11) is 1.62. The van der Waals surface area contributed by atoms with Crippen LogP contribution in [0.15, 0.2) is 54.7 Å². The van der Waals surface area contributed by atoms with Crippen molar-refractivity contribution in [1.29, 1.82) is 0 Å². The van der Waals surface area contributed by atoms with Gasteiger partial charge in [-0.3, -0.25) is 4.79 Å². The third-order valence-electron chi connectivity index (χ3n) is 4.91. The fourth-order valence-corrected chi connectivity index (χ4v) is 3.53. The number of benzene rings is 2. The van der Waals surface area contributed by atoms with Crippen LogP contribution >= 0.6 is 0 Å². The molecule has 0 saturated carbocycles. The van der Waals surface area contributed by atoms with Crippen LogP contribution in [-0.4, -0.2) is 22.9 Å². The normalized spacial score (nSPS) is 15.9. The molecule has 0 bridgehead atoms. The summed E-state index contributed by atoms with van der Waals surface area (Å²) >= 11 is 0. The fraction of sp³-hybridized carbons (Fsp3) is 0.227. The van der Waals surface area contributed by atoms with Gasteiger partial charge in [0.25, 0.3) is 0 Å². The molecule has 27 heavy (non-hydrogen) atoms. The lowest BCUT2D eigenvalue weighted by Gasteiger charge is -2.23. The van der Waals surface area contributed by atoms with Crippen LogP contribution in [0.1, 0.15) is 39.5 Å². The van der Waals surface area contributed by atoms with Gasteiger partial charge in [-0.15, -0.1) is 0 Å². The largest absolute Gasteiger partial charge is 0.495 e. The molecule has 0 aliphatic heterocycles. The quantitative estimate of drug-likeness (QED) is 0.745. The molecule has 0 radical (unpaired) electrons. The molecule has 1 unspecified atom stereocenters. The highest BCUT2D eigenvalue weighted by molar-refractivity contribution is 5.98. The van der Waals surface area contributed by atoms with E-state index in [1.54, 1.807) is 13.3 Å². The topological polar surface area (TPSA) is 64.1 Å². The number of para-hydroxylation sites is 2. The third kappa shape index (κ3) is 3.53. The molecule has 1 N–H and O–H groups in total. The molecule has 1 atom stereocenters. The van der Waals surface area contributed by atoms with Gasteiger partial charge in [-0.1, -0.05) is 42.0 Å². The van der Waals surface area contributed by atoms with Crippen molar-refractivity contribution in [2.75, 3.05) is 12.4 Å². The zero-order valence-electron chi connectivity index (χ0n) is 15.4. The lowest BCUT2D eigenvalue weighted by Crippen LogP contribution is -2.21. The van der Waals surface area contributed by atoms with Crippen molar-refractivity contribution < 1.29 is 9.53 Å². The second kappa shape index (κ2) is 7.19. The number of ketones is 1. The molecule has 5 nitrogen and oxygen atoms in total. The summed E-state index contributed by atoms with van der Waals surface area (Å²) in [5.41, 5.74) is 4.60. The van der Waals surface area contributed by atoms with Gasteiger partial charge in [-0.25, -0.2) is 9.97 Å². The SMILES string of the molecule is COc1ccccc1Nc1ncc2c(n1)CC(c1cccc(C)c1)CC2=O. The van der Waals surface area contributed by atoms with Crippen LogP contribution in [0.25, 0.3) is 0 Å². The lowest BCUT2D eigenvalue weighted by atomic mass is 9.82. The zero-order valence-corrected chi connectivity index (χ0v) is 15.4. The molecule has 1 aliphatic carbocycles. The molecule has 3 aromatic rings. The van der Waals surface area contributed by atoms with Gasteiger partial charge in [0.05, 0.1) is 24.1 Å². The van der Waals surface area contributed by atoms with Crippen LogP contribution in [0.4, 0.5) is 11.6 Å². The van der Waals surface area contributed by atoms with Gasteiger partial charge >= 0.3 is 0 Å². The van der Waals surface area contributed by atoms with E-state index in [1.807, 2.05) is 30.3 Å². The number of fused-ring (bicyclic) bond motifs is 1. The van der Waals surface area contributed by atoms with E-state index in [4.69, 9.17) is 4.74 Å². The van der Waals surface area contributed by atoms with Crippen molar-refractivity contribution >= 4 is 17.4 Å². The summed E-state index contributed by atoms with van der Waals surface area (Å²) in [5, 5.41) is 3.19. The van der Waals surface area contributed by atoms with Gasteiger partial charge in [-0.2, -0.15) is 0 Å². The van der Waals surface area contributed by atoms with Crippen molar-refractivity contribution in [2.45, 2.75) is 25.7 Å². The van der Waals surface area contributed by atoms with E-state index in [0.29, 0.717) is 23.7 Å². The van der Waals surface area contributed by atoms with E-state index in [0.717, 1.165) is 17.8 Å². The maximum absolute atomic E-state index is 12.6. The Kier molecular flexibility index (Phi) is 4.59. The highest BCUT2D eigenvalue weighted by Gasteiger charge is 2.28. The second-order valence-corrected chi connectivity index (χ2v) is 6.82. The van der Waals surface area contributed by atoms with Crippen LogP contribution in [0.2, 0.25) is 0 Å². The van der Waals surface area contributed by atoms with Crippen LogP contribution in [0, 0.1) is 6.92 Å². The third-order valence-corrected chi connectivity index (χ3v) is 4.91. The Morgan fingerprint density at radius 2 is 1.96 bits per heavy atom. The summed E-state index contributed by atoms with van der Waals surface area (Å²) in [6.45, 7) is 2.07. The van der Waals surface area contributed by atoms with Crippen molar-refractivity contribution in [3.8, 4) is 5.75 Å². The Morgan fingerprint density at radius 3 is 2.78 bits per heavy atom. The number of carbonyl (C=O) groups is 1. The number of nitrogens with one attached hydrogen (secondary N) is 1. The van der Waals surface area contributed by atoms with E-state index >= 15 is 0 Å². The molecule has 0 amide bonds. The standard InChI is InChI=1S/C22H21N3O2/c1-14-6-5-7-15(10-14)16-11-19-17(20(26)12-16)13-23-22(25-19)24-18-8-3-4-9-21(18)27-2/h3-10,13,16H,11-12H2,1-2H3,(H,23,24,25). The molecule has 1 heterocycles. The highest BCUT2D eigenvalue weighted by Crippen LogP contribution is 2.33. The number of nitrogens with zero attached hydrogens (tertiary/aromatic N) is 2. The molecule has 136 valence electrons. The average Bonchev–Trinajstić information content (AvgIpc) is 2.68. The second-order valence-electron chi connectivity index (χ2n) is 6.82. The number of hydrogen-bond donors (Lipinski definition) is 1. The van der Waals surface area contributed by atoms with E-state index in [9.17, 15) is 4.79 Å². The molecular formula is C22H21N3O2. The summed E-state index contributed by atoms with van der Waals surface area (Å²) in [6.07, 6.45) is 2.86. The number of aromatic nitrogens is 2. The number of hydrogen-bond acceptors (Lipinski definition) is 5. The number of aryl methyl sites for hydroxylation is 1. The van der Waals surface area contributed by atoms with Crippen LogP contribution < -0.4 is 10.1 Å². The van der Waals surface area contributed by atoms with Gasteiger partial charge < -0.3 is 10.1 Å². The predicted molar refractivity (Wildman–Crippen MR) is 105 cm³/mol. The smallest absolute Gasteiger partial charge is 0.227 e. The van der Waals surface area contributed by atoms with E-state index in [-0.39, 0.29) is 11.7 Å². The van der Waals surface area contributed by atoms with Crippen molar-refractivity contribution in [2.24, 2.45) is 0 Å². The number of anilines is 2. The molecule has 0 spiro atoms. The first-order valence-electron chi connectivity index (χ1n) is 9.00. The summed E-state index contributed by atoms with van der Waals surface area (Å²) < 4.78 is 5.36. The predicted octanol–water partition coefficient (Wildman–Crippen LogP) is 4.45. The van der Waals surface area contributed by atoms with Gasteiger partial charge in [-0.05, 0) is 37.0 Å². The number of rotatable bonds is 4. The van der Waals surface area contributed by atoms with Gasteiger partial charge in [0.15, 0.2) is 5.78 Å². The minimum Gasteiger partial charge on any atom is -0.495 e. The fourth-order valence-electron chi connectivity index (χ4n) is 3.53. The minimum atomic E-state index is 0.103. The maximum Gasteiger partial charge on any atom is 0.227 e. The Morgan fingerprint density at radius 1 is 1.11 bits per heavy atom. The van der Waals surface area contributed by atoms with Crippen molar-refractivity contribution in [3.63, 3.8) is 0 Å². The molecule has 4 rings (SSSR count). The van der Waals surface area contributed by atoms with Crippen molar-refractivity contribution in [1.82, 2.24) is 9.97 Å². The highest BCUT2D eigenvalue weighted by atomic mass is 16.5. The van der Waals surface area contributed by atoms with Crippen LogP contribution in [0.3, 0.4) is 0 Å².